The second-order valence-electron chi connectivity index (χ2n) is 4.07. The van der Waals surface area contributed by atoms with E-state index in [-0.39, 0.29) is 0 Å². The molecule has 0 saturated heterocycles. The van der Waals surface area contributed by atoms with Crippen molar-refractivity contribution in [3.63, 3.8) is 0 Å². The topological polar surface area (TPSA) is 29.5 Å². The maximum Gasteiger partial charge on any atom is 0.130 e. The van der Waals surface area contributed by atoms with Gasteiger partial charge in [0, 0.05) is 14.5 Å². The summed E-state index contributed by atoms with van der Waals surface area (Å²) in [4.78, 5) is 0. The molecule has 5 heteroatoms. The van der Waals surface area contributed by atoms with E-state index in [0.29, 0.717) is 21.5 Å². The molecule has 0 fully saturated rings. The van der Waals surface area contributed by atoms with Crippen molar-refractivity contribution >= 4 is 39.1 Å². The van der Waals surface area contributed by atoms with Crippen LogP contribution in [0.2, 0.25) is 10.0 Å². The van der Waals surface area contributed by atoms with E-state index in [2.05, 4.69) is 15.9 Å². The molecule has 2 aromatic carbocycles. The van der Waals surface area contributed by atoms with Crippen LogP contribution in [-0.4, -0.2) is 5.11 Å². The summed E-state index contributed by atoms with van der Waals surface area (Å²) in [5, 5.41) is 10.6. The molecule has 0 aliphatic heterocycles. The van der Waals surface area contributed by atoms with Crippen LogP contribution in [0.3, 0.4) is 0 Å². The van der Waals surface area contributed by atoms with Crippen LogP contribution in [-0.2, 0) is 0 Å². The summed E-state index contributed by atoms with van der Waals surface area (Å²) in [7, 11) is 0. The van der Waals surface area contributed by atoms with Gasteiger partial charge in [-0.1, -0.05) is 45.2 Å². The van der Waals surface area contributed by atoms with Crippen LogP contribution in [0.15, 0.2) is 40.9 Å². The second kappa shape index (κ2) is 6.14. The van der Waals surface area contributed by atoms with Crippen molar-refractivity contribution in [2.45, 2.75) is 13.0 Å². The minimum Gasteiger partial charge on any atom is -0.457 e. The molecular weight excluding hydrogens is 351 g/mol. The Labute approximate surface area is 130 Å². The summed E-state index contributed by atoms with van der Waals surface area (Å²) in [5.74, 6) is 1.20. The Bertz CT molecular complexity index is 580. The quantitative estimate of drug-likeness (QED) is 0.770. The fourth-order valence-electron chi connectivity index (χ4n) is 1.63. The van der Waals surface area contributed by atoms with E-state index in [1.54, 1.807) is 43.3 Å². The third kappa shape index (κ3) is 3.86. The Morgan fingerprint density at radius 3 is 2.21 bits per heavy atom. The summed E-state index contributed by atoms with van der Waals surface area (Å²) >= 11 is 15.2. The molecule has 0 aliphatic rings. The molecule has 1 atom stereocenters. The molecule has 19 heavy (non-hydrogen) atoms. The first-order valence-electron chi connectivity index (χ1n) is 5.57. The molecular formula is C14H11BrCl2O2. The molecule has 0 saturated carbocycles. The van der Waals surface area contributed by atoms with Gasteiger partial charge in [-0.3, -0.25) is 0 Å². The molecule has 0 aromatic heterocycles. The molecule has 1 unspecified atom stereocenters. The Morgan fingerprint density at radius 1 is 1.05 bits per heavy atom. The molecule has 0 bridgehead atoms. The Hall–Kier alpha value is -0.740. The fraction of sp³-hybridized carbons (Fsp3) is 0.143. The summed E-state index contributed by atoms with van der Waals surface area (Å²) in [5.41, 5.74) is 0.802. The van der Waals surface area contributed by atoms with E-state index in [1.807, 2.05) is 0 Å². The first-order valence-corrected chi connectivity index (χ1v) is 7.12. The Morgan fingerprint density at radius 2 is 1.68 bits per heavy atom. The standard InChI is InChI=1S/C14H11BrCl2O2/c1-8(18)13-3-2-11(7-14(13)15)19-12-5-9(16)4-10(17)6-12/h2-8,18H,1H3. The summed E-state index contributed by atoms with van der Waals surface area (Å²) in [6.45, 7) is 1.71. The lowest BCUT2D eigenvalue weighted by molar-refractivity contribution is 0.198. The molecule has 2 rings (SSSR count). The zero-order valence-corrected chi connectivity index (χ0v) is 13.1. The van der Waals surface area contributed by atoms with Crippen LogP contribution in [0.4, 0.5) is 0 Å². The van der Waals surface area contributed by atoms with Crippen LogP contribution in [0, 0.1) is 0 Å². The number of rotatable bonds is 3. The monoisotopic (exact) mass is 360 g/mol. The fourth-order valence-corrected chi connectivity index (χ4v) is 2.83. The lowest BCUT2D eigenvalue weighted by Crippen LogP contribution is -1.93. The van der Waals surface area contributed by atoms with Crippen LogP contribution < -0.4 is 4.74 Å². The summed E-state index contributed by atoms with van der Waals surface area (Å²) < 4.78 is 6.46. The average molecular weight is 362 g/mol. The van der Waals surface area contributed by atoms with Crippen molar-refractivity contribution < 1.29 is 9.84 Å². The van der Waals surface area contributed by atoms with Crippen LogP contribution >= 0.6 is 39.1 Å². The first kappa shape index (κ1) is 14.7. The predicted octanol–water partition coefficient (Wildman–Crippen LogP) is 5.60. The molecule has 0 heterocycles. The number of aliphatic hydroxyl groups excluding tert-OH is 1. The van der Waals surface area contributed by atoms with E-state index in [0.717, 1.165) is 10.0 Å². The number of hydrogen-bond donors (Lipinski definition) is 1. The van der Waals surface area contributed by atoms with Gasteiger partial charge in [-0.2, -0.15) is 0 Å². The molecule has 0 spiro atoms. The number of hydrogen-bond acceptors (Lipinski definition) is 2. The van der Waals surface area contributed by atoms with Crippen molar-refractivity contribution in [2.24, 2.45) is 0 Å². The largest absolute Gasteiger partial charge is 0.457 e. The molecule has 0 aliphatic carbocycles. The second-order valence-corrected chi connectivity index (χ2v) is 5.79. The van der Waals surface area contributed by atoms with E-state index in [4.69, 9.17) is 27.9 Å². The van der Waals surface area contributed by atoms with Crippen molar-refractivity contribution in [2.75, 3.05) is 0 Å². The normalized spacial score (nSPS) is 12.3. The lowest BCUT2D eigenvalue weighted by Gasteiger charge is -2.11. The van der Waals surface area contributed by atoms with Crippen LogP contribution in [0.1, 0.15) is 18.6 Å². The molecule has 0 amide bonds. The van der Waals surface area contributed by atoms with Gasteiger partial charge in [0.25, 0.3) is 0 Å². The Kier molecular flexibility index (Phi) is 4.74. The maximum absolute atomic E-state index is 9.55. The van der Waals surface area contributed by atoms with Gasteiger partial charge >= 0.3 is 0 Å². The minimum atomic E-state index is -0.538. The van der Waals surface area contributed by atoms with Gasteiger partial charge in [-0.15, -0.1) is 0 Å². The zero-order valence-electron chi connectivity index (χ0n) is 10.0. The van der Waals surface area contributed by atoms with Gasteiger partial charge < -0.3 is 9.84 Å². The van der Waals surface area contributed by atoms with E-state index >= 15 is 0 Å². The van der Waals surface area contributed by atoms with E-state index in [9.17, 15) is 5.11 Å². The molecule has 2 nitrogen and oxygen atoms in total. The van der Waals surface area contributed by atoms with Gasteiger partial charge in [0.05, 0.1) is 6.10 Å². The third-order valence-corrected chi connectivity index (χ3v) is 3.62. The zero-order chi connectivity index (χ0) is 14.0. The first-order chi connectivity index (χ1) is 8.95. The highest BCUT2D eigenvalue weighted by Gasteiger charge is 2.08. The van der Waals surface area contributed by atoms with Crippen molar-refractivity contribution in [1.82, 2.24) is 0 Å². The lowest BCUT2D eigenvalue weighted by atomic mass is 10.1. The van der Waals surface area contributed by atoms with E-state index in [1.165, 1.54) is 0 Å². The van der Waals surface area contributed by atoms with Crippen molar-refractivity contribution in [1.29, 1.82) is 0 Å². The molecule has 2 aromatic rings. The minimum absolute atomic E-state index is 0.516. The summed E-state index contributed by atoms with van der Waals surface area (Å²) in [6, 6.07) is 10.4. The van der Waals surface area contributed by atoms with Crippen molar-refractivity contribution in [3.05, 3.63) is 56.5 Å². The van der Waals surface area contributed by atoms with Gasteiger partial charge in [0.15, 0.2) is 0 Å². The van der Waals surface area contributed by atoms with Gasteiger partial charge in [0.2, 0.25) is 0 Å². The molecule has 100 valence electrons. The number of benzene rings is 2. The highest BCUT2D eigenvalue weighted by atomic mass is 79.9. The SMILES string of the molecule is CC(O)c1ccc(Oc2cc(Cl)cc(Cl)c2)cc1Br. The number of ether oxygens (including phenoxy) is 1. The van der Waals surface area contributed by atoms with E-state index < -0.39 is 6.10 Å². The van der Waals surface area contributed by atoms with Crippen LogP contribution in [0.5, 0.6) is 11.5 Å². The highest BCUT2D eigenvalue weighted by molar-refractivity contribution is 9.10. The number of aliphatic hydroxyl groups is 1. The molecule has 0 radical (unpaired) electrons. The third-order valence-electron chi connectivity index (χ3n) is 2.49. The number of halogens is 3. The highest BCUT2D eigenvalue weighted by Crippen LogP contribution is 2.32. The predicted molar refractivity (Wildman–Crippen MR) is 81.3 cm³/mol. The van der Waals surface area contributed by atoms with Gasteiger partial charge in [0.1, 0.15) is 11.5 Å². The summed E-state index contributed by atoms with van der Waals surface area (Å²) in [6.07, 6.45) is -0.538. The smallest absolute Gasteiger partial charge is 0.130 e. The van der Waals surface area contributed by atoms with Crippen LogP contribution in [0.25, 0.3) is 0 Å². The van der Waals surface area contributed by atoms with Crippen molar-refractivity contribution in [3.8, 4) is 11.5 Å². The average Bonchev–Trinajstić information content (AvgIpc) is 2.26. The van der Waals surface area contributed by atoms with Gasteiger partial charge in [-0.05, 0) is 42.8 Å². The molecule has 1 N–H and O–H groups in total. The van der Waals surface area contributed by atoms with Gasteiger partial charge in [-0.25, -0.2) is 0 Å². The Balaban J connectivity index is 2.26. The maximum atomic E-state index is 9.55.